The molecular formula is C54H74Cl2N6O19. The minimum Gasteiger partial charge on any atom is -0.492 e. The number of benzene rings is 2. The molecule has 6 aromatic rings. The van der Waals surface area contributed by atoms with Crippen molar-refractivity contribution < 1.29 is 95.3 Å². The number of nitrogens with one attached hydrogen (secondary N) is 2. The monoisotopic (exact) mass is 1180 g/mol. The SMILES string of the molecule is CCCOc1cc2c(Nc3ccc([C@@H]4O[C@H](CO)[C@H](O)[C@H](O)[C@H]4O)cc3)c(C(=O)OCC)cnc2nc1C.CCCOc1cc2c(Nc3ccc([C@@H]4O[C@H](CO)[C@H](O)[C@H](O)[C@H]4O)cc3)c(C(=O)OCC)cnc2nc1C.Cl.Cl.O.O.O. The lowest BCUT2D eigenvalue weighted by molar-refractivity contribution is -0.231. The van der Waals surface area contributed by atoms with Crippen LogP contribution in [-0.2, 0) is 18.9 Å². The Morgan fingerprint density at radius 2 is 0.889 bits per heavy atom. The molecule has 2 aliphatic rings. The van der Waals surface area contributed by atoms with E-state index in [1.165, 1.54) is 12.4 Å². The van der Waals surface area contributed by atoms with Gasteiger partial charge in [0.1, 0.15) is 83.7 Å². The van der Waals surface area contributed by atoms with Crippen LogP contribution in [-0.4, -0.2) is 178 Å². The van der Waals surface area contributed by atoms with Crippen molar-refractivity contribution in [3.05, 3.63) is 107 Å². The molecule has 0 amide bonds. The van der Waals surface area contributed by atoms with Crippen molar-refractivity contribution in [3.8, 4) is 11.5 Å². The average molecular weight is 1180 g/mol. The second-order valence-corrected chi connectivity index (χ2v) is 18.1. The number of pyridine rings is 4. The number of aryl methyl sites for hydroxylation is 2. The summed E-state index contributed by atoms with van der Waals surface area (Å²) < 4.78 is 33.5. The lowest BCUT2D eigenvalue weighted by Crippen LogP contribution is -2.55. The normalized spacial score (nSPS) is 21.9. The number of nitrogens with zero attached hydrogens (tertiary/aromatic N) is 4. The summed E-state index contributed by atoms with van der Waals surface area (Å²) in [5, 5.41) is 87.9. The van der Waals surface area contributed by atoms with Gasteiger partial charge in [-0.3, -0.25) is 0 Å². The van der Waals surface area contributed by atoms with E-state index in [1.54, 1.807) is 74.5 Å². The number of halogens is 2. The Morgan fingerprint density at radius 1 is 0.543 bits per heavy atom. The molecule has 0 saturated carbocycles. The largest absolute Gasteiger partial charge is 0.492 e. The summed E-state index contributed by atoms with van der Waals surface area (Å²) in [4.78, 5) is 43.4. The smallest absolute Gasteiger partial charge is 0.341 e. The van der Waals surface area contributed by atoms with Crippen molar-refractivity contribution >= 4 is 81.6 Å². The summed E-state index contributed by atoms with van der Waals surface area (Å²) in [6.45, 7) is 11.5. The number of carbonyl (C=O) groups is 2. The third kappa shape index (κ3) is 16.1. The molecule has 2 fully saturated rings. The van der Waals surface area contributed by atoms with E-state index >= 15 is 0 Å². The van der Waals surface area contributed by atoms with E-state index in [2.05, 4.69) is 30.6 Å². The highest BCUT2D eigenvalue weighted by molar-refractivity contribution is 6.06. The maximum Gasteiger partial charge on any atom is 0.341 e. The van der Waals surface area contributed by atoms with Crippen molar-refractivity contribution in [2.24, 2.45) is 0 Å². The molecule has 448 valence electrons. The Morgan fingerprint density at radius 3 is 1.20 bits per heavy atom. The van der Waals surface area contributed by atoms with Gasteiger partial charge in [-0.2, -0.15) is 0 Å². The third-order valence-electron chi connectivity index (χ3n) is 12.7. The molecule has 0 radical (unpaired) electrons. The van der Waals surface area contributed by atoms with Crippen LogP contribution < -0.4 is 20.1 Å². The van der Waals surface area contributed by atoms with Crippen LogP contribution in [0.3, 0.4) is 0 Å². The van der Waals surface area contributed by atoms with E-state index in [9.17, 15) is 50.4 Å². The summed E-state index contributed by atoms with van der Waals surface area (Å²) in [6, 6.07) is 17.2. The second kappa shape index (κ2) is 32.4. The van der Waals surface area contributed by atoms with Crippen LogP contribution in [0.4, 0.5) is 22.7 Å². The topological polar surface area (TPSA) is 421 Å². The molecule has 27 heteroatoms. The molecule has 25 nitrogen and oxygen atoms in total. The van der Waals surface area contributed by atoms with Gasteiger partial charge in [-0.25, -0.2) is 29.5 Å². The number of esters is 2. The van der Waals surface area contributed by atoms with Crippen LogP contribution in [0.2, 0.25) is 0 Å². The fourth-order valence-corrected chi connectivity index (χ4v) is 8.65. The fraction of sp³-hybridized carbons (Fsp3) is 0.444. The maximum atomic E-state index is 12.8. The Hall–Kier alpha value is -6.24. The minimum absolute atomic E-state index is 0. The highest BCUT2D eigenvalue weighted by Crippen LogP contribution is 2.38. The molecule has 0 spiro atoms. The standard InChI is InChI=1S/2C27H33N3O8.2ClH.3H2O/c2*1-4-10-37-19-11-17-21(18(27(35)36-5-2)12-28-26(17)29-14(19)3)30-16-8-6-15(7-9-16)25-24(34)23(33)22(32)20(13-31)38-25;;;;;/h2*6-9,11-12,20,22-25,31-34H,4-5,10,13H2,1-3H3,(H,28,29,30);2*1H;3*1H2/t2*20-,22+,23+,24-,25+;;;;;/m11...../s1. The summed E-state index contributed by atoms with van der Waals surface area (Å²) in [7, 11) is 0. The number of aliphatic hydroxyl groups excluding tert-OH is 8. The molecule has 8 rings (SSSR count). The Bertz CT molecular complexity index is 2750. The molecule has 2 aromatic carbocycles. The number of ether oxygens (including phenoxy) is 6. The Labute approximate surface area is 479 Å². The Kier molecular flexibility index (Phi) is 28.4. The van der Waals surface area contributed by atoms with E-state index in [0.717, 1.165) is 12.8 Å². The van der Waals surface area contributed by atoms with Crippen molar-refractivity contribution in [3.63, 3.8) is 0 Å². The first-order chi connectivity index (χ1) is 36.6. The van der Waals surface area contributed by atoms with Gasteiger partial charge in [0, 0.05) is 34.5 Å². The molecule has 16 N–H and O–H groups in total. The number of aromatic nitrogens is 4. The fourth-order valence-electron chi connectivity index (χ4n) is 8.65. The first-order valence-electron chi connectivity index (χ1n) is 25.1. The summed E-state index contributed by atoms with van der Waals surface area (Å²) in [5.74, 6) is 0.0872. The number of rotatable bonds is 18. The van der Waals surface area contributed by atoms with Crippen LogP contribution in [0, 0.1) is 13.8 Å². The van der Waals surface area contributed by atoms with Crippen molar-refractivity contribution in [2.45, 2.75) is 115 Å². The van der Waals surface area contributed by atoms with Gasteiger partial charge in [0.05, 0.1) is 62.4 Å². The van der Waals surface area contributed by atoms with Gasteiger partial charge < -0.3 is 96.3 Å². The number of hydrogen-bond donors (Lipinski definition) is 10. The molecule has 2 aliphatic heterocycles. The molecule has 81 heavy (non-hydrogen) atoms. The van der Waals surface area contributed by atoms with E-state index < -0.39 is 86.2 Å². The molecule has 0 aliphatic carbocycles. The van der Waals surface area contributed by atoms with Crippen molar-refractivity contribution in [1.29, 1.82) is 0 Å². The van der Waals surface area contributed by atoms with Crippen LogP contribution in [0.25, 0.3) is 22.1 Å². The van der Waals surface area contributed by atoms with Crippen LogP contribution in [0.5, 0.6) is 11.5 Å². The molecule has 4 aromatic heterocycles. The summed E-state index contributed by atoms with van der Waals surface area (Å²) >= 11 is 0. The highest BCUT2D eigenvalue weighted by Gasteiger charge is 2.45. The van der Waals surface area contributed by atoms with E-state index in [1.807, 2.05) is 27.7 Å². The number of hydrogen-bond acceptors (Lipinski definition) is 22. The number of anilines is 4. The molecule has 10 atom stereocenters. The molecular weight excluding hydrogens is 1110 g/mol. The van der Waals surface area contributed by atoms with Gasteiger partial charge in [0.25, 0.3) is 0 Å². The minimum atomic E-state index is -1.47. The quantitative estimate of drug-likeness (QED) is 0.0553. The van der Waals surface area contributed by atoms with E-state index in [0.29, 0.717) is 92.0 Å². The van der Waals surface area contributed by atoms with Crippen molar-refractivity contribution in [1.82, 2.24) is 19.9 Å². The number of aliphatic hydroxyl groups is 8. The van der Waals surface area contributed by atoms with Gasteiger partial charge in [-0.05, 0) is 88.1 Å². The predicted molar refractivity (Wildman–Crippen MR) is 302 cm³/mol. The Balaban J connectivity index is 0.000000521. The first-order valence-corrected chi connectivity index (χ1v) is 25.1. The van der Waals surface area contributed by atoms with Crippen LogP contribution in [0.15, 0.2) is 73.1 Å². The zero-order chi connectivity index (χ0) is 54.8. The second-order valence-electron chi connectivity index (χ2n) is 18.1. The number of fused-ring (bicyclic) bond motifs is 2. The van der Waals surface area contributed by atoms with E-state index in [-0.39, 0.29) is 65.6 Å². The molecule has 6 heterocycles. The number of carbonyl (C=O) groups excluding carboxylic acids is 2. The van der Waals surface area contributed by atoms with Gasteiger partial charge in [0.2, 0.25) is 0 Å². The van der Waals surface area contributed by atoms with Gasteiger partial charge >= 0.3 is 11.9 Å². The highest BCUT2D eigenvalue weighted by atomic mass is 35.5. The first kappa shape index (κ1) is 70.9. The zero-order valence-electron chi connectivity index (χ0n) is 45.3. The molecule has 0 unspecified atom stereocenters. The lowest BCUT2D eigenvalue weighted by atomic mass is 9.91. The maximum absolute atomic E-state index is 12.8. The van der Waals surface area contributed by atoms with Gasteiger partial charge in [-0.15, -0.1) is 24.8 Å². The molecule has 2 saturated heterocycles. The van der Waals surface area contributed by atoms with Crippen LogP contribution in [0.1, 0.15) is 96.0 Å². The summed E-state index contributed by atoms with van der Waals surface area (Å²) in [6.07, 6.45) is -8.03. The lowest BCUT2D eigenvalue weighted by Gasteiger charge is -2.40. The van der Waals surface area contributed by atoms with Gasteiger partial charge in [0.15, 0.2) is 11.3 Å². The zero-order valence-corrected chi connectivity index (χ0v) is 46.9. The average Bonchev–Trinajstić information content (AvgIpc) is 3.42. The van der Waals surface area contributed by atoms with Crippen LogP contribution >= 0.6 is 24.8 Å². The molecule has 0 bridgehead atoms. The van der Waals surface area contributed by atoms with Crippen molar-refractivity contribution in [2.75, 3.05) is 50.3 Å². The third-order valence-corrected chi connectivity index (χ3v) is 12.7. The van der Waals surface area contributed by atoms with Gasteiger partial charge in [-0.1, -0.05) is 38.1 Å². The summed E-state index contributed by atoms with van der Waals surface area (Å²) in [5.41, 5.74) is 5.84. The predicted octanol–water partition coefficient (Wildman–Crippen LogP) is 2.69. The van der Waals surface area contributed by atoms with E-state index in [4.69, 9.17) is 28.4 Å².